The van der Waals surface area contributed by atoms with Gasteiger partial charge in [0.25, 0.3) is 0 Å². The van der Waals surface area contributed by atoms with E-state index in [1.807, 2.05) is 0 Å². The molecule has 2 fully saturated rings. The molecule has 27 heavy (non-hydrogen) atoms. The first-order chi connectivity index (χ1) is 12.8. The molecule has 0 aromatic heterocycles. The van der Waals surface area contributed by atoms with Crippen molar-refractivity contribution in [2.45, 2.75) is 50.7 Å². The number of anilines is 1. The molecule has 0 radical (unpaired) electrons. The predicted octanol–water partition coefficient (Wildman–Crippen LogP) is 2.58. The number of cyclic esters (lactones) is 1. The van der Waals surface area contributed by atoms with Crippen LogP contribution >= 0.6 is 0 Å². The van der Waals surface area contributed by atoms with Crippen molar-refractivity contribution < 1.29 is 32.6 Å². The van der Waals surface area contributed by atoms with Crippen LogP contribution in [0.25, 0.3) is 0 Å². The maximum absolute atomic E-state index is 14.6. The van der Waals surface area contributed by atoms with Crippen molar-refractivity contribution in [3.8, 4) is 0 Å². The van der Waals surface area contributed by atoms with Crippen LogP contribution in [0.15, 0.2) is 6.07 Å². The molecule has 3 rings (SSSR count). The number of halogens is 3. The Morgan fingerprint density at radius 3 is 2.56 bits per heavy atom. The van der Waals surface area contributed by atoms with Gasteiger partial charge < -0.3 is 15.2 Å². The fourth-order valence-electron chi connectivity index (χ4n) is 3.61. The SMILES string of the molecule is CC(=O)NCC1CN(c2cc(F)c(C3CCC(O)CC3)c(F)c2F)C(=O)O1. The normalized spacial score (nSPS) is 25.4. The van der Waals surface area contributed by atoms with Gasteiger partial charge in [0.2, 0.25) is 5.91 Å². The number of ether oxygens (including phenoxy) is 1. The van der Waals surface area contributed by atoms with Gasteiger partial charge >= 0.3 is 6.09 Å². The molecule has 9 heteroatoms. The second-order valence-electron chi connectivity index (χ2n) is 6.98. The maximum Gasteiger partial charge on any atom is 0.414 e. The molecule has 2 amide bonds. The van der Waals surface area contributed by atoms with Gasteiger partial charge in [0, 0.05) is 18.6 Å². The maximum atomic E-state index is 14.6. The van der Waals surface area contributed by atoms with E-state index >= 15 is 0 Å². The second-order valence-corrected chi connectivity index (χ2v) is 6.98. The highest BCUT2D eigenvalue weighted by molar-refractivity contribution is 5.90. The number of nitrogens with zero attached hydrogens (tertiary/aromatic N) is 1. The van der Waals surface area contributed by atoms with Crippen LogP contribution in [-0.2, 0) is 9.53 Å². The Balaban J connectivity index is 1.83. The minimum Gasteiger partial charge on any atom is -0.442 e. The van der Waals surface area contributed by atoms with Crippen LogP contribution < -0.4 is 10.2 Å². The third-order valence-electron chi connectivity index (χ3n) is 5.02. The van der Waals surface area contributed by atoms with Crippen LogP contribution in [0.2, 0.25) is 0 Å². The van der Waals surface area contributed by atoms with Crippen LogP contribution in [0.5, 0.6) is 0 Å². The molecule has 1 unspecified atom stereocenters. The van der Waals surface area contributed by atoms with E-state index in [4.69, 9.17) is 4.74 Å². The molecule has 1 saturated carbocycles. The molecule has 2 N–H and O–H groups in total. The van der Waals surface area contributed by atoms with Gasteiger partial charge in [-0.05, 0) is 31.6 Å². The van der Waals surface area contributed by atoms with Crippen LogP contribution in [0.1, 0.15) is 44.1 Å². The van der Waals surface area contributed by atoms with Crippen molar-refractivity contribution >= 4 is 17.7 Å². The zero-order chi connectivity index (χ0) is 19.7. The smallest absolute Gasteiger partial charge is 0.414 e. The Kier molecular flexibility index (Phi) is 5.59. The highest BCUT2D eigenvalue weighted by Crippen LogP contribution is 2.39. The van der Waals surface area contributed by atoms with Crippen molar-refractivity contribution in [1.82, 2.24) is 5.32 Å². The number of aliphatic hydroxyl groups excluding tert-OH is 1. The first-order valence-corrected chi connectivity index (χ1v) is 8.86. The highest BCUT2D eigenvalue weighted by Gasteiger charge is 2.37. The summed E-state index contributed by atoms with van der Waals surface area (Å²) in [6, 6.07) is 0.806. The van der Waals surface area contributed by atoms with Crippen LogP contribution in [0.4, 0.5) is 23.7 Å². The first kappa shape index (κ1) is 19.5. The van der Waals surface area contributed by atoms with Gasteiger partial charge in [0.05, 0.1) is 24.9 Å². The second kappa shape index (κ2) is 7.75. The molecule has 1 atom stereocenters. The summed E-state index contributed by atoms with van der Waals surface area (Å²) in [5.41, 5.74) is -0.870. The molecule has 1 aliphatic heterocycles. The fraction of sp³-hybridized carbons (Fsp3) is 0.556. The molecule has 1 saturated heterocycles. The van der Waals surface area contributed by atoms with Crippen LogP contribution in [-0.4, -0.2) is 42.4 Å². The van der Waals surface area contributed by atoms with Crippen LogP contribution in [0, 0.1) is 17.5 Å². The van der Waals surface area contributed by atoms with E-state index in [2.05, 4.69) is 5.32 Å². The number of hydrogen-bond acceptors (Lipinski definition) is 4. The zero-order valence-corrected chi connectivity index (χ0v) is 14.8. The molecule has 148 valence electrons. The quantitative estimate of drug-likeness (QED) is 0.780. The third-order valence-corrected chi connectivity index (χ3v) is 5.02. The van der Waals surface area contributed by atoms with E-state index in [9.17, 15) is 27.9 Å². The molecule has 1 aromatic carbocycles. The average molecular weight is 386 g/mol. The first-order valence-electron chi connectivity index (χ1n) is 8.86. The molecule has 1 aliphatic carbocycles. The van der Waals surface area contributed by atoms with Crippen LogP contribution in [0.3, 0.4) is 0 Å². The summed E-state index contributed by atoms with van der Waals surface area (Å²) in [5.74, 6) is -4.40. The van der Waals surface area contributed by atoms with E-state index in [0.29, 0.717) is 25.7 Å². The lowest BCUT2D eigenvalue weighted by Crippen LogP contribution is -2.33. The summed E-state index contributed by atoms with van der Waals surface area (Å²) < 4.78 is 48.9. The average Bonchev–Trinajstić information content (AvgIpc) is 2.98. The number of amides is 2. The third kappa shape index (κ3) is 4.02. The van der Waals surface area contributed by atoms with E-state index in [0.717, 1.165) is 11.0 Å². The zero-order valence-electron chi connectivity index (χ0n) is 14.8. The summed E-state index contributed by atoms with van der Waals surface area (Å²) >= 11 is 0. The summed E-state index contributed by atoms with van der Waals surface area (Å²) in [6.07, 6.45) is -0.664. The Labute approximate surface area is 154 Å². The number of benzene rings is 1. The van der Waals surface area contributed by atoms with Crippen molar-refractivity contribution in [2.24, 2.45) is 0 Å². The minimum atomic E-state index is -1.32. The van der Waals surface area contributed by atoms with E-state index in [1.54, 1.807) is 0 Å². The molecule has 0 spiro atoms. The van der Waals surface area contributed by atoms with E-state index in [-0.39, 0.29) is 24.6 Å². The summed E-state index contributed by atoms with van der Waals surface area (Å²) in [6.45, 7) is 1.18. The van der Waals surface area contributed by atoms with Gasteiger partial charge in [-0.2, -0.15) is 0 Å². The van der Waals surface area contributed by atoms with Gasteiger partial charge in [-0.3, -0.25) is 9.69 Å². The Bertz CT molecular complexity index is 751. The van der Waals surface area contributed by atoms with Gasteiger partial charge in [-0.25, -0.2) is 18.0 Å². The number of carbonyl (C=O) groups excluding carboxylic acids is 2. The Morgan fingerprint density at radius 1 is 1.26 bits per heavy atom. The summed E-state index contributed by atoms with van der Waals surface area (Å²) in [5, 5.41) is 12.0. The molecule has 1 aromatic rings. The monoisotopic (exact) mass is 386 g/mol. The number of nitrogens with one attached hydrogen (secondary N) is 1. The fourth-order valence-corrected chi connectivity index (χ4v) is 3.61. The van der Waals surface area contributed by atoms with Crippen molar-refractivity contribution in [3.05, 3.63) is 29.1 Å². The summed E-state index contributed by atoms with van der Waals surface area (Å²) in [4.78, 5) is 23.7. The number of hydrogen-bond donors (Lipinski definition) is 2. The van der Waals surface area contributed by atoms with Gasteiger partial charge in [-0.15, -0.1) is 0 Å². The van der Waals surface area contributed by atoms with Gasteiger partial charge in [0.1, 0.15) is 11.9 Å². The predicted molar refractivity (Wildman–Crippen MR) is 89.8 cm³/mol. The molecule has 1 heterocycles. The number of carbonyl (C=O) groups is 2. The molecule has 6 nitrogen and oxygen atoms in total. The highest BCUT2D eigenvalue weighted by atomic mass is 19.2. The van der Waals surface area contributed by atoms with Crippen molar-refractivity contribution in [2.75, 3.05) is 18.0 Å². The molecule has 0 bridgehead atoms. The topological polar surface area (TPSA) is 78.9 Å². The van der Waals surface area contributed by atoms with Crippen molar-refractivity contribution in [1.29, 1.82) is 0 Å². The summed E-state index contributed by atoms with van der Waals surface area (Å²) in [7, 11) is 0. The number of aliphatic hydroxyl groups is 1. The Morgan fingerprint density at radius 2 is 1.93 bits per heavy atom. The standard InChI is InChI=1S/C18H21F3N2O4/c1-9(24)22-7-12-8-23(18(26)27-12)14-6-13(19)15(17(21)16(14)20)10-2-4-11(25)5-3-10/h6,10-12,25H,2-5,7-8H2,1H3,(H,22,24). The molecular weight excluding hydrogens is 365 g/mol. The molecular formula is C18H21F3N2O4. The van der Waals surface area contributed by atoms with E-state index < -0.39 is 47.4 Å². The lowest BCUT2D eigenvalue weighted by atomic mass is 9.82. The number of rotatable bonds is 4. The minimum absolute atomic E-state index is 0.0205. The van der Waals surface area contributed by atoms with Gasteiger partial charge in [-0.1, -0.05) is 0 Å². The lowest BCUT2D eigenvalue weighted by Gasteiger charge is -2.27. The lowest BCUT2D eigenvalue weighted by molar-refractivity contribution is -0.119. The van der Waals surface area contributed by atoms with E-state index in [1.165, 1.54) is 6.92 Å². The largest absolute Gasteiger partial charge is 0.442 e. The Hall–Kier alpha value is -2.29. The van der Waals surface area contributed by atoms with Gasteiger partial charge in [0.15, 0.2) is 11.6 Å². The van der Waals surface area contributed by atoms with Crippen molar-refractivity contribution in [3.63, 3.8) is 0 Å². The molecule has 2 aliphatic rings.